The van der Waals surface area contributed by atoms with Gasteiger partial charge in [0.1, 0.15) is 5.82 Å². The fraction of sp³-hybridized carbons (Fsp3) is 0.300. The number of rotatable bonds is 7. The maximum Gasteiger partial charge on any atom is 0.339 e. The predicted molar refractivity (Wildman–Crippen MR) is 107 cm³/mol. The van der Waals surface area contributed by atoms with E-state index in [9.17, 15) is 22.4 Å². The predicted octanol–water partition coefficient (Wildman–Crippen LogP) is 3.00. The van der Waals surface area contributed by atoms with Crippen LogP contribution in [0.1, 0.15) is 36.7 Å². The van der Waals surface area contributed by atoms with Crippen LogP contribution >= 0.6 is 0 Å². The van der Waals surface area contributed by atoms with Crippen LogP contribution in [0.4, 0.5) is 10.1 Å². The zero-order valence-corrected chi connectivity index (χ0v) is 17.3. The first-order valence-electron chi connectivity index (χ1n) is 8.90. The third-order valence-corrected chi connectivity index (χ3v) is 5.30. The van der Waals surface area contributed by atoms with Gasteiger partial charge in [-0.3, -0.25) is 9.52 Å². The second-order valence-corrected chi connectivity index (χ2v) is 8.48. The van der Waals surface area contributed by atoms with Crippen LogP contribution in [-0.2, 0) is 19.6 Å². The minimum Gasteiger partial charge on any atom is -0.449 e. The molecule has 0 aliphatic rings. The second-order valence-electron chi connectivity index (χ2n) is 6.80. The van der Waals surface area contributed by atoms with Gasteiger partial charge < -0.3 is 10.1 Å². The standard InChI is InChI=1S/C20H23FN2O5S/c1-12(2)22-19(24)14(4)28-20(25)18-11-17(10-5-13(18)3)29(26,27)23-16-8-6-15(21)7-9-16/h5-12,14,23H,1-4H3,(H,22,24)/t14-/m1/s1. The Balaban J connectivity index is 2.23. The van der Waals surface area contributed by atoms with Gasteiger partial charge >= 0.3 is 5.97 Å². The third-order valence-electron chi connectivity index (χ3n) is 3.92. The van der Waals surface area contributed by atoms with Crippen molar-refractivity contribution in [2.45, 2.75) is 44.7 Å². The molecule has 2 rings (SSSR count). The van der Waals surface area contributed by atoms with Crippen molar-refractivity contribution in [3.05, 3.63) is 59.4 Å². The molecule has 0 aromatic heterocycles. The summed E-state index contributed by atoms with van der Waals surface area (Å²) < 4.78 is 45.7. The Kier molecular flexibility index (Phi) is 6.97. The molecular weight excluding hydrogens is 399 g/mol. The highest BCUT2D eigenvalue weighted by Crippen LogP contribution is 2.20. The summed E-state index contributed by atoms with van der Waals surface area (Å²) in [5.41, 5.74) is 0.693. The maximum absolute atomic E-state index is 13.0. The summed E-state index contributed by atoms with van der Waals surface area (Å²) >= 11 is 0. The molecule has 0 aliphatic carbocycles. The monoisotopic (exact) mass is 422 g/mol. The van der Waals surface area contributed by atoms with E-state index in [-0.39, 0.29) is 22.2 Å². The molecule has 0 aliphatic heterocycles. The molecule has 0 bridgehead atoms. The van der Waals surface area contributed by atoms with Gasteiger partial charge in [-0.15, -0.1) is 0 Å². The van der Waals surface area contributed by atoms with Crippen molar-refractivity contribution in [2.24, 2.45) is 0 Å². The minimum absolute atomic E-state index is 0.0242. The van der Waals surface area contributed by atoms with Crippen LogP contribution < -0.4 is 10.0 Å². The lowest BCUT2D eigenvalue weighted by Gasteiger charge is -2.16. The number of halogens is 1. The third kappa shape index (κ3) is 6.02. The van der Waals surface area contributed by atoms with Gasteiger partial charge in [-0.05, 0) is 69.7 Å². The topological polar surface area (TPSA) is 102 Å². The molecule has 1 atom stereocenters. The van der Waals surface area contributed by atoms with Gasteiger partial charge in [0, 0.05) is 11.7 Å². The first kappa shape index (κ1) is 22.4. The summed E-state index contributed by atoms with van der Waals surface area (Å²) in [4.78, 5) is 24.3. The number of amides is 1. The molecule has 0 heterocycles. The average Bonchev–Trinajstić information content (AvgIpc) is 2.63. The number of nitrogens with one attached hydrogen (secondary N) is 2. The van der Waals surface area contributed by atoms with Gasteiger partial charge in [0.15, 0.2) is 6.10 Å². The van der Waals surface area contributed by atoms with E-state index in [2.05, 4.69) is 10.0 Å². The minimum atomic E-state index is -4.02. The van der Waals surface area contributed by atoms with E-state index in [0.717, 1.165) is 12.1 Å². The zero-order valence-electron chi connectivity index (χ0n) is 16.5. The summed E-state index contributed by atoms with van der Waals surface area (Å²) in [7, 11) is -4.02. The number of aryl methyl sites for hydroxylation is 1. The first-order chi connectivity index (χ1) is 13.5. The molecule has 156 valence electrons. The molecule has 7 nitrogen and oxygen atoms in total. The number of benzene rings is 2. The van der Waals surface area contributed by atoms with E-state index in [1.165, 1.54) is 37.3 Å². The fourth-order valence-electron chi connectivity index (χ4n) is 2.40. The normalized spacial score (nSPS) is 12.3. The van der Waals surface area contributed by atoms with Crippen LogP contribution in [0.3, 0.4) is 0 Å². The van der Waals surface area contributed by atoms with E-state index in [1.807, 2.05) is 0 Å². The summed E-state index contributed by atoms with van der Waals surface area (Å²) in [6, 6.07) is 8.68. The van der Waals surface area contributed by atoms with Gasteiger partial charge in [0.25, 0.3) is 15.9 Å². The lowest BCUT2D eigenvalue weighted by Crippen LogP contribution is -2.39. The largest absolute Gasteiger partial charge is 0.449 e. The first-order valence-corrected chi connectivity index (χ1v) is 10.4. The van der Waals surface area contributed by atoms with Crippen molar-refractivity contribution in [1.29, 1.82) is 0 Å². The van der Waals surface area contributed by atoms with Crippen molar-refractivity contribution in [3.63, 3.8) is 0 Å². The van der Waals surface area contributed by atoms with Crippen molar-refractivity contribution in [2.75, 3.05) is 4.72 Å². The van der Waals surface area contributed by atoms with Gasteiger partial charge in [-0.1, -0.05) is 6.07 Å². The van der Waals surface area contributed by atoms with Crippen molar-refractivity contribution >= 4 is 27.6 Å². The van der Waals surface area contributed by atoms with E-state index >= 15 is 0 Å². The molecule has 0 saturated carbocycles. The number of carbonyl (C=O) groups excluding carboxylic acids is 2. The lowest BCUT2D eigenvalue weighted by molar-refractivity contribution is -0.129. The van der Waals surface area contributed by atoms with Crippen LogP contribution in [0.5, 0.6) is 0 Å². The smallest absolute Gasteiger partial charge is 0.339 e. The van der Waals surface area contributed by atoms with Crippen LogP contribution in [0, 0.1) is 12.7 Å². The number of esters is 1. The fourth-order valence-corrected chi connectivity index (χ4v) is 3.48. The second kappa shape index (κ2) is 9.04. The maximum atomic E-state index is 13.0. The Morgan fingerprint density at radius 3 is 2.24 bits per heavy atom. The number of hydrogen-bond donors (Lipinski definition) is 2. The van der Waals surface area contributed by atoms with Gasteiger partial charge in [0.05, 0.1) is 10.5 Å². The number of carbonyl (C=O) groups is 2. The molecule has 2 aromatic carbocycles. The molecule has 2 aromatic rings. The quantitative estimate of drug-likeness (QED) is 0.668. The van der Waals surface area contributed by atoms with E-state index in [0.29, 0.717) is 5.56 Å². The van der Waals surface area contributed by atoms with Gasteiger partial charge in [0.2, 0.25) is 0 Å². The molecule has 0 radical (unpaired) electrons. The molecular formula is C20H23FN2O5S. The molecule has 9 heteroatoms. The Hall–Kier alpha value is -2.94. The summed E-state index contributed by atoms with van der Waals surface area (Å²) in [6.07, 6.45) is -1.04. The number of anilines is 1. The molecule has 2 N–H and O–H groups in total. The molecule has 29 heavy (non-hydrogen) atoms. The Morgan fingerprint density at radius 1 is 1.03 bits per heavy atom. The highest BCUT2D eigenvalue weighted by atomic mass is 32.2. The molecule has 1 amide bonds. The van der Waals surface area contributed by atoms with E-state index < -0.39 is 33.8 Å². The molecule has 0 saturated heterocycles. The Morgan fingerprint density at radius 2 is 1.66 bits per heavy atom. The Bertz CT molecular complexity index is 1000. The lowest BCUT2D eigenvalue weighted by atomic mass is 10.1. The highest BCUT2D eigenvalue weighted by Gasteiger charge is 2.23. The SMILES string of the molecule is Cc1ccc(S(=O)(=O)Nc2ccc(F)cc2)cc1C(=O)O[C@H](C)C(=O)NC(C)C. The summed E-state index contributed by atoms with van der Waals surface area (Å²) in [5.74, 6) is -1.76. The molecule has 0 unspecified atom stereocenters. The highest BCUT2D eigenvalue weighted by molar-refractivity contribution is 7.92. The summed E-state index contributed by atoms with van der Waals surface area (Å²) in [5, 5.41) is 2.63. The number of ether oxygens (including phenoxy) is 1. The molecule has 0 fully saturated rings. The van der Waals surface area contributed by atoms with Crippen molar-refractivity contribution < 1.29 is 27.1 Å². The summed E-state index contributed by atoms with van der Waals surface area (Å²) in [6.45, 7) is 6.61. The van der Waals surface area contributed by atoms with Crippen LogP contribution in [-0.4, -0.2) is 32.4 Å². The number of sulfonamides is 1. The van der Waals surface area contributed by atoms with E-state index in [4.69, 9.17) is 4.74 Å². The number of hydrogen-bond acceptors (Lipinski definition) is 5. The molecule has 0 spiro atoms. The van der Waals surface area contributed by atoms with E-state index in [1.54, 1.807) is 20.8 Å². The average molecular weight is 422 g/mol. The Labute approximate surface area is 169 Å². The van der Waals surface area contributed by atoms with Crippen LogP contribution in [0.2, 0.25) is 0 Å². The van der Waals surface area contributed by atoms with Crippen LogP contribution in [0.15, 0.2) is 47.4 Å². The van der Waals surface area contributed by atoms with Gasteiger partial charge in [-0.2, -0.15) is 0 Å². The van der Waals surface area contributed by atoms with Crippen molar-refractivity contribution in [1.82, 2.24) is 5.32 Å². The zero-order chi connectivity index (χ0) is 21.8. The van der Waals surface area contributed by atoms with Gasteiger partial charge in [-0.25, -0.2) is 17.6 Å². The van der Waals surface area contributed by atoms with Crippen LogP contribution in [0.25, 0.3) is 0 Å². The van der Waals surface area contributed by atoms with Crippen molar-refractivity contribution in [3.8, 4) is 0 Å².